The van der Waals surface area contributed by atoms with Gasteiger partial charge in [-0.15, -0.1) is 0 Å². The Bertz CT molecular complexity index is 892. The third-order valence-corrected chi connectivity index (χ3v) is 5.97. The highest BCUT2D eigenvalue weighted by atomic mass is 16.6. The number of anilines is 1. The second-order valence-electron chi connectivity index (χ2n) is 8.17. The molecule has 2 atom stereocenters. The molecule has 4 N–H and O–H groups in total. The second kappa shape index (κ2) is 10.2. The molecule has 9 heteroatoms. The molecule has 3 aliphatic rings. The van der Waals surface area contributed by atoms with Crippen molar-refractivity contribution in [3.8, 4) is 0 Å². The topological polar surface area (TPSA) is 104 Å². The van der Waals surface area contributed by atoms with E-state index in [9.17, 15) is 10.0 Å². The van der Waals surface area contributed by atoms with Crippen LogP contribution in [0.15, 0.2) is 35.7 Å². The Kier molecular flexibility index (Phi) is 7.19. The lowest BCUT2D eigenvalue weighted by Gasteiger charge is -2.31. The van der Waals surface area contributed by atoms with E-state index < -0.39 is 0 Å². The van der Waals surface area contributed by atoms with E-state index in [4.69, 9.17) is 14.2 Å². The maximum atomic E-state index is 11.9. The van der Waals surface area contributed by atoms with Gasteiger partial charge < -0.3 is 24.8 Å². The van der Waals surface area contributed by atoms with Crippen LogP contribution >= 0.6 is 0 Å². The maximum Gasteiger partial charge on any atom is 0.323 e. The molecule has 0 unspecified atom stereocenters. The highest BCUT2D eigenvalue weighted by Gasteiger charge is 2.28. The molecular weight excluding hydrogens is 412 g/mol. The van der Waals surface area contributed by atoms with Crippen molar-refractivity contribution in [1.82, 2.24) is 15.9 Å². The number of nitrogens with one attached hydrogen (secondary N) is 3. The third-order valence-electron chi connectivity index (χ3n) is 5.97. The number of nitrogens with zero attached hydrogens (tertiary/aromatic N) is 1. The molecule has 3 aliphatic heterocycles. The van der Waals surface area contributed by atoms with E-state index >= 15 is 0 Å². The van der Waals surface area contributed by atoms with Crippen molar-refractivity contribution in [3.05, 3.63) is 46.9 Å². The fourth-order valence-corrected chi connectivity index (χ4v) is 4.38. The standard InChI is InChI=1S/C23H32N4O5/c1-3-32-23(28)20-9-7-18(13-24-20)25-17-6-8-19-16(11-17)14-31-10-4-5-15-12-21(30-2)26-27(29)22(15)19/h6,8,11-12,18,20,24-26,29H,3-5,7,9-10,13-14H2,1-2H3/t18-,20-/m1/s1. The summed E-state index contributed by atoms with van der Waals surface area (Å²) in [4.78, 5) is 11.9. The predicted octanol–water partition coefficient (Wildman–Crippen LogP) is 2.50. The fourth-order valence-electron chi connectivity index (χ4n) is 4.38. The Morgan fingerprint density at radius 1 is 1.38 bits per heavy atom. The molecule has 9 nitrogen and oxygen atoms in total. The smallest absolute Gasteiger partial charge is 0.323 e. The van der Waals surface area contributed by atoms with Gasteiger partial charge in [-0.3, -0.25) is 10.0 Å². The highest BCUT2D eigenvalue weighted by molar-refractivity contribution is 5.76. The van der Waals surface area contributed by atoms with Crippen molar-refractivity contribution in [2.45, 2.75) is 51.3 Å². The summed E-state index contributed by atoms with van der Waals surface area (Å²) in [6, 6.07) is 6.08. The zero-order valence-electron chi connectivity index (χ0n) is 18.6. The van der Waals surface area contributed by atoms with Crippen molar-refractivity contribution in [2.75, 3.05) is 32.2 Å². The first-order chi connectivity index (χ1) is 15.6. The fraction of sp³-hybridized carbons (Fsp3) is 0.522. The molecule has 0 amide bonds. The van der Waals surface area contributed by atoms with Gasteiger partial charge in [-0.2, -0.15) is 5.17 Å². The molecule has 0 saturated carbocycles. The molecule has 0 bridgehead atoms. The van der Waals surface area contributed by atoms with Gasteiger partial charge in [0.05, 0.1) is 26.0 Å². The number of carbonyl (C=O) groups is 1. The summed E-state index contributed by atoms with van der Waals surface area (Å²) >= 11 is 0. The number of rotatable bonds is 5. The van der Waals surface area contributed by atoms with Crippen LogP contribution in [0.4, 0.5) is 5.69 Å². The summed E-state index contributed by atoms with van der Waals surface area (Å²) < 4.78 is 16.3. The van der Waals surface area contributed by atoms with E-state index in [1.165, 1.54) is 0 Å². The van der Waals surface area contributed by atoms with Crippen LogP contribution < -0.4 is 16.1 Å². The Hall–Kier alpha value is -2.75. The number of hydroxylamine groups is 1. The average Bonchev–Trinajstić information content (AvgIpc) is 2.88. The largest absolute Gasteiger partial charge is 0.481 e. The molecule has 174 valence electrons. The molecule has 1 aromatic rings. The van der Waals surface area contributed by atoms with Crippen LogP contribution in [0, 0.1) is 0 Å². The second-order valence-corrected chi connectivity index (χ2v) is 8.17. The summed E-state index contributed by atoms with van der Waals surface area (Å²) in [7, 11) is 1.57. The molecule has 1 fully saturated rings. The lowest BCUT2D eigenvalue weighted by Crippen LogP contribution is -2.48. The summed E-state index contributed by atoms with van der Waals surface area (Å²) in [5.41, 5.74) is 7.45. The number of piperidine rings is 1. The number of hydrogen-bond acceptors (Lipinski definition) is 9. The van der Waals surface area contributed by atoms with Gasteiger partial charge in [0.15, 0.2) is 0 Å². The average molecular weight is 445 g/mol. The van der Waals surface area contributed by atoms with Gasteiger partial charge in [0.25, 0.3) is 0 Å². The summed E-state index contributed by atoms with van der Waals surface area (Å²) in [5.74, 6) is 0.321. The van der Waals surface area contributed by atoms with E-state index in [-0.39, 0.29) is 18.1 Å². The molecule has 0 radical (unpaired) electrons. The van der Waals surface area contributed by atoms with Crippen LogP contribution in [0.3, 0.4) is 0 Å². The van der Waals surface area contributed by atoms with E-state index in [0.717, 1.165) is 58.9 Å². The lowest BCUT2D eigenvalue weighted by atomic mass is 9.97. The number of hydrazine groups is 1. The van der Waals surface area contributed by atoms with Gasteiger partial charge in [0, 0.05) is 36.5 Å². The Morgan fingerprint density at radius 3 is 3.00 bits per heavy atom. The first-order valence-electron chi connectivity index (χ1n) is 11.2. The predicted molar refractivity (Wildman–Crippen MR) is 119 cm³/mol. The van der Waals surface area contributed by atoms with Gasteiger partial charge in [0.2, 0.25) is 5.88 Å². The quantitative estimate of drug-likeness (QED) is 0.510. The summed E-state index contributed by atoms with van der Waals surface area (Å²) in [5, 5.41) is 18.5. The van der Waals surface area contributed by atoms with Crippen LogP contribution in [0.25, 0.3) is 5.70 Å². The number of fused-ring (bicyclic) bond motifs is 2. The number of carbonyl (C=O) groups excluding carboxylic acids is 1. The zero-order valence-corrected chi connectivity index (χ0v) is 18.6. The zero-order chi connectivity index (χ0) is 22.5. The minimum absolute atomic E-state index is 0.176. The summed E-state index contributed by atoms with van der Waals surface area (Å²) in [6.07, 6.45) is 5.17. The molecular formula is C23H32N4O5. The molecule has 0 aliphatic carbocycles. The number of allylic oxidation sites excluding steroid dienone is 2. The van der Waals surface area contributed by atoms with Crippen LogP contribution in [0.2, 0.25) is 0 Å². The number of esters is 1. The minimum Gasteiger partial charge on any atom is -0.481 e. The van der Waals surface area contributed by atoms with Gasteiger partial charge >= 0.3 is 5.97 Å². The maximum absolute atomic E-state index is 11.9. The molecule has 0 aromatic heterocycles. The molecule has 3 heterocycles. The molecule has 0 spiro atoms. The lowest BCUT2D eigenvalue weighted by molar-refractivity contribution is -0.146. The molecule has 1 aromatic carbocycles. The Morgan fingerprint density at radius 2 is 2.25 bits per heavy atom. The van der Waals surface area contributed by atoms with Crippen molar-refractivity contribution < 1.29 is 24.2 Å². The van der Waals surface area contributed by atoms with Gasteiger partial charge in [0.1, 0.15) is 6.04 Å². The van der Waals surface area contributed by atoms with Crippen molar-refractivity contribution in [2.24, 2.45) is 0 Å². The summed E-state index contributed by atoms with van der Waals surface area (Å²) in [6.45, 7) is 4.01. The highest BCUT2D eigenvalue weighted by Crippen LogP contribution is 2.34. The normalized spacial score (nSPS) is 23.5. The number of benzene rings is 1. The van der Waals surface area contributed by atoms with E-state index in [2.05, 4.69) is 22.1 Å². The number of hydrogen-bond donors (Lipinski definition) is 4. The molecule has 4 rings (SSSR count). The minimum atomic E-state index is -0.231. The van der Waals surface area contributed by atoms with Crippen molar-refractivity contribution in [1.29, 1.82) is 0 Å². The van der Waals surface area contributed by atoms with Crippen LogP contribution in [-0.2, 0) is 25.6 Å². The van der Waals surface area contributed by atoms with Gasteiger partial charge in [-0.25, -0.2) is 5.43 Å². The SMILES string of the molecule is CCOC(=O)[C@H]1CC[C@@H](Nc2ccc3c(c2)COCCCC2=C3N(O)NC(OC)=C2)CN1. The Balaban J connectivity index is 1.51. The van der Waals surface area contributed by atoms with Crippen molar-refractivity contribution in [3.63, 3.8) is 0 Å². The number of methoxy groups -OCH3 is 1. The van der Waals surface area contributed by atoms with Crippen LogP contribution in [-0.4, -0.2) is 55.3 Å². The monoisotopic (exact) mass is 444 g/mol. The van der Waals surface area contributed by atoms with Crippen LogP contribution in [0.1, 0.15) is 43.7 Å². The van der Waals surface area contributed by atoms with Gasteiger partial charge in [-0.1, -0.05) is 6.07 Å². The van der Waals surface area contributed by atoms with E-state index in [1.807, 2.05) is 25.1 Å². The third kappa shape index (κ3) is 5.01. The van der Waals surface area contributed by atoms with Crippen LogP contribution in [0.5, 0.6) is 0 Å². The van der Waals surface area contributed by atoms with E-state index in [1.54, 1.807) is 7.11 Å². The number of ether oxygens (including phenoxy) is 3. The van der Waals surface area contributed by atoms with Gasteiger partial charge in [-0.05, 0) is 55.9 Å². The van der Waals surface area contributed by atoms with Crippen molar-refractivity contribution >= 4 is 17.4 Å². The molecule has 32 heavy (non-hydrogen) atoms. The Labute approximate surface area is 188 Å². The van der Waals surface area contributed by atoms with E-state index in [0.29, 0.717) is 32.2 Å². The first-order valence-corrected chi connectivity index (χ1v) is 11.2. The molecule has 1 saturated heterocycles. The first kappa shape index (κ1) is 22.4.